The van der Waals surface area contributed by atoms with E-state index in [1.165, 1.54) is 21.9 Å². The molecule has 2 N–H and O–H groups in total. The Kier molecular flexibility index (Phi) is 5.30. The molecule has 2 aromatic carbocycles. The van der Waals surface area contributed by atoms with Crippen LogP contribution in [0.15, 0.2) is 48.5 Å². The number of hydrogen-bond acceptors (Lipinski definition) is 4. The Balaban J connectivity index is 1.31. The summed E-state index contributed by atoms with van der Waals surface area (Å²) in [7, 11) is 1.57. The summed E-state index contributed by atoms with van der Waals surface area (Å²) in [5.41, 5.74) is 1.19. The maximum atomic E-state index is 14.2. The van der Waals surface area contributed by atoms with Crippen LogP contribution in [0.3, 0.4) is 0 Å². The van der Waals surface area contributed by atoms with Crippen molar-refractivity contribution < 1.29 is 18.8 Å². The van der Waals surface area contributed by atoms with Crippen molar-refractivity contribution in [2.45, 2.75) is 43.2 Å². The molecular formula is C28H26FN5O3. The van der Waals surface area contributed by atoms with Gasteiger partial charge < -0.3 is 20.1 Å². The minimum Gasteiger partial charge on any atom is -0.350 e. The second-order valence-corrected chi connectivity index (χ2v) is 10.4. The Morgan fingerprint density at radius 2 is 2.03 bits per heavy atom. The van der Waals surface area contributed by atoms with E-state index in [0.717, 1.165) is 18.4 Å². The maximum Gasteiger partial charge on any atom is 0.270 e. The number of halogens is 1. The van der Waals surface area contributed by atoms with Crippen LogP contribution >= 0.6 is 0 Å². The van der Waals surface area contributed by atoms with E-state index >= 15 is 0 Å². The Hall–Kier alpha value is -4.19. The highest BCUT2D eigenvalue weighted by molar-refractivity contribution is 6.07. The zero-order valence-electron chi connectivity index (χ0n) is 20.3. The summed E-state index contributed by atoms with van der Waals surface area (Å²) in [6.45, 7) is 0.0771. The smallest absolute Gasteiger partial charge is 0.270 e. The van der Waals surface area contributed by atoms with Crippen molar-refractivity contribution in [3.63, 3.8) is 0 Å². The van der Waals surface area contributed by atoms with Crippen LogP contribution in [-0.4, -0.2) is 58.2 Å². The van der Waals surface area contributed by atoms with Crippen molar-refractivity contribution in [1.29, 1.82) is 5.26 Å². The highest BCUT2D eigenvalue weighted by atomic mass is 19.1. The molecule has 1 saturated heterocycles. The van der Waals surface area contributed by atoms with E-state index in [1.54, 1.807) is 19.2 Å². The van der Waals surface area contributed by atoms with E-state index in [0.29, 0.717) is 28.9 Å². The molecule has 1 aromatic heterocycles. The lowest BCUT2D eigenvalue weighted by molar-refractivity contribution is -0.136. The number of carbonyl (C=O) groups is 3. The summed E-state index contributed by atoms with van der Waals surface area (Å²) in [5, 5.41) is 13.2. The fraction of sp³-hybridized carbons (Fsp3) is 0.357. The molecule has 3 aromatic rings. The molecule has 3 heterocycles. The summed E-state index contributed by atoms with van der Waals surface area (Å²) in [5.74, 6) is -1.11. The number of fused-ring (bicyclic) bond motifs is 3. The van der Waals surface area contributed by atoms with Gasteiger partial charge in [-0.15, -0.1) is 0 Å². The predicted molar refractivity (Wildman–Crippen MR) is 134 cm³/mol. The monoisotopic (exact) mass is 499 g/mol. The number of amides is 3. The maximum absolute atomic E-state index is 14.2. The van der Waals surface area contributed by atoms with Crippen LogP contribution in [0.25, 0.3) is 10.9 Å². The number of hydrogen-bond donors (Lipinski definition) is 2. The van der Waals surface area contributed by atoms with Gasteiger partial charge in [0.25, 0.3) is 5.91 Å². The molecule has 3 aliphatic rings. The molecule has 0 bridgehead atoms. The number of rotatable bonds is 5. The number of para-hydroxylation sites is 1. The molecule has 1 unspecified atom stereocenters. The quantitative estimate of drug-likeness (QED) is 0.559. The summed E-state index contributed by atoms with van der Waals surface area (Å²) in [6.07, 6.45) is 2.63. The van der Waals surface area contributed by atoms with Gasteiger partial charge in [-0.3, -0.25) is 14.4 Å². The van der Waals surface area contributed by atoms with Crippen LogP contribution in [-0.2, 0) is 15.0 Å². The Labute approximate surface area is 213 Å². The molecule has 8 nitrogen and oxygen atoms in total. The normalized spacial score (nSPS) is 23.1. The number of aromatic amines is 1. The molecule has 2 fully saturated rings. The van der Waals surface area contributed by atoms with Gasteiger partial charge in [0.1, 0.15) is 23.6 Å². The van der Waals surface area contributed by atoms with E-state index in [9.17, 15) is 24.0 Å². The Morgan fingerprint density at radius 3 is 2.76 bits per heavy atom. The highest BCUT2D eigenvalue weighted by Crippen LogP contribution is 2.47. The van der Waals surface area contributed by atoms with E-state index in [4.69, 9.17) is 0 Å². The number of nitrogens with one attached hydrogen (secondary N) is 2. The highest BCUT2D eigenvalue weighted by Gasteiger charge is 2.57. The van der Waals surface area contributed by atoms with Crippen LogP contribution in [0.1, 0.15) is 41.7 Å². The zero-order chi connectivity index (χ0) is 25.9. The average molecular weight is 500 g/mol. The molecule has 0 radical (unpaired) electrons. The summed E-state index contributed by atoms with van der Waals surface area (Å²) in [4.78, 5) is 46.5. The second-order valence-electron chi connectivity index (χ2n) is 10.4. The lowest BCUT2D eigenvalue weighted by atomic mass is 9.80. The van der Waals surface area contributed by atoms with Crippen LogP contribution in [0.5, 0.6) is 0 Å². The van der Waals surface area contributed by atoms with Crippen molar-refractivity contribution in [1.82, 2.24) is 14.8 Å². The number of carbonyl (C=O) groups excluding carboxylic acids is 3. The lowest BCUT2D eigenvalue weighted by Crippen LogP contribution is -2.51. The van der Waals surface area contributed by atoms with Gasteiger partial charge in [-0.05, 0) is 42.2 Å². The zero-order valence-corrected chi connectivity index (χ0v) is 20.3. The van der Waals surface area contributed by atoms with E-state index < -0.39 is 29.2 Å². The van der Waals surface area contributed by atoms with Crippen molar-refractivity contribution in [2.75, 3.05) is 18.9 Å². The number of anilines is 1. The topological polar surface area (TPSA) is 109 Å². The predicted octanol–water partition coefficient (Wildman–Crippen LogP) is 3.56. The molecular weight excluding hydrogens is 473 g/mol. The Morgan fingerprint density at radius 1 is 1.24 bits per heavy atom. The van der Waals surface area contributed by atoms with Gasteiger partial charge >= 0.3 is 0 Å². The van der Waals surface area contributed by atoms with Crippen molar-refractivity contribution in [3.8, 4) is 6.07 Å². The van der Waals surface area contributed by atoms with Crippen molar-refractivity contribution in [2.24, 2.45) is 5.92 Å². The molecule has 3 atom stereocenters. The first-order valence-electron chi connectivity index (χ1n) is 12.5. The van der Waals surface area contributed by atoms with E-state index in [-0.39, 0.29) is 30.5 Å². The summed E-state index contributed by atoms with van der Waals surface area (Å²) >= 11 is 0. The first-order valence-corrected chi connectivity index (χ1v) is 12.5. The SMILES string of the molecule is CN(C(=O)c1cc2c(F)cccc2[nH]1)[C@@H](CC1CC1)C(=O)N1C[C@]2(CC1C#N)C(=O)Nc1ccccc12. The Bertz CT molecular complexity index is 1490. The first kappa shape index (κ1) is 23.2. The van der Waals surface area contributed by atoms with Gasteiger partial charge in [-0.1, -0.05) is 37.1 Å². The van der Waals surface area contributed by atoms with Gasteiger partial charge in [-0.25, -0.2) is 4.39 Å². The van der Waals surface area contributed by atoms with Gasteiger partial charge in [0, 0.05) is 36.6 Å². The molecule has 2 aliphatic heterocycles. The van der Waals surface area contributed by atoms with Crippen LogP contribution in [0, 0.1) is 23.1 Å². The van der Waals surface area contributed by atoms with Crippen LogP contribution < -0.4 is 5.32 Å². The van der Waals surface area contributed by atoms with Crippen LogP contribution in [0.4, 0.5) is 10.1 Å². The minimum absolute atomic E-state index is 0.0771. The van der Waals surface area contributed by atoms with Gasteiger partial charge in [0.2, 0.25) is 11.8 Å². The third-order valence-corrected chi connectivity index (χ3v) is 8.08. The standard InChI is InChI=1S/C28H26FN5O3/c1-33(25(35)23-12-18-20(29)6-4-8-21(18)31-23)24(11-16-9-10-16)26(36)34-15-28(13-17(34)14-30)19-5-2-3-7-22(19)32-27(28)37/h2-8,12,16-17,24,31H,9-11,13,15H2,1H3,(H,32,37)/t17?,24-,28-/m0/s1. The number of H-pyrrole nitrogens is 1. The molecule has 37 heavy (non-hydrogen) atoms. The number of likely N-dealkylation sites (tertiary alicyclic amines) is 1. The van der Waals surface area contributed by atoms with E-state index in [1.807, 2.05) is 24.3 Å². The molecule has 3 amide bonds. The number of nitriles is 1. The lowest BCUT2D eigenvalue weighted by Gasteiger charge is -2.32. The largest absolute Gasteiger partial charge is 0.350 e. The van der Waals surface area contributed by atoms with Gasteiger partial charge in [-0.2, -0.15) is 5.26 Å². The minimum atomic E-state index is -0.992. The van der Waals surface area contributed by atoms with Crippen molar-refractivity contribution >= 4 is 34.3 Å². The molecule has 9 heteroatoms. The van der Waals surface area contributed by atoms with Crippen molar-refractivity contribution in [3.05, 3.63) is 65.6 Å². The second kappa shape index (κ2) is 8.44. The van der Waals surface area contributed by atoms with Gasteiger partial charge in [0.15, 0.2) is 0 Å². The number of aromatic nitrogens is 1. The fourth-order valence-electron chi connectivity index (χ4n) is 5.84. The summed E-state index contributed by atoms with van der Waals surface area (Å²) in [6, 6.07) is 14.0. The fourth-order valence-corrected chi connectivity index (χ4v) is 5.84. The average Bonchev–Trinajstić information content (AvgIpc) is 3.36. The molecule has 1 saturated carbocycles. The number of likely N-dealkylation sites (N-methyl/N-ethyl adjacent to an activating group) is 1. The van der Waals surface area contributed by atoms with Gasteiger partial charge in [0.05, 0.1) is 11.5 Å². The van der Waals surface area contributed by atoms with E-state index in [2.05, 4.69) is 16.4 Å². The number of benzene rings is 2. The molecule has 1 aliphatic carbocycles. The third kappa shape index (κ3) is 3.67. The first-order chi connectivity index (χ1) is 17.8. The molecule has 188 valence electrons. The molecule has 6 rings (SSSR count). The van der Waals surface area contributed by atoms with Crippen LogP contribution in [0.2, 0.25) is 0 Å². The number of nitrogens with zero attached hydrogens (tertiary/aromatic N) is 3. The molecule has 1 spiro atoms. The summed E-state index contributed by atoms with van der Waals surface area (Å²) < 4.78 is 14.2. The third-order valence-electron chi connectivity index (χ3n) is 8.08.